The maximum atomic E-state index is 11.3. The molecule has 3 N–H and O–H groups in total. The minimum Gasteiger partial charge on any atom is -0.498 e. The van der Waals surface area contributed by atoms with Crippen LogP contribution in [0.3, 0.4) is 0 Å². The third-order valence-electron chi connectivity index (χ3n) is 1.48. The van der Waals surface area contributed by atoms with Crippen molar-refractivity contribution >= 4 is 7.82 Å². The average molecular weight is 267 g/mol. The highest BCUT2D eigenvalue weighted by Crippen LogP contribution is 2.42. The van der Waals surface area contributed by atoms with Gasteiger partial charge in [-0.05, 0) is 0 Å². The molecule has 0 spiro atoms. The summed E-state index contributed by atoms with van der Waals surface area (Å²) in [7, 11) is -4.09. The Morgan fingerprint density at radius 1 is 1.29 bits per heavy atom. The topological polar surface area (TPSA) is 100 Å². The maximum absolute atomic E-state index is 11.3. The molecule has 100 valence electrons. The highest BCUT2D eigenvalue weighted by molar-refractivity contribution is 7.47. The summed E-state index contributed by atoms with van der Waals surface area (Å²) in [6, 6.07) is 0. The fraction of sp³-hybridized carbons (Fsp3) is 0.556. The normalized spacial score (nSPS) is 15.6. The molecule has 0 aliphatic carbocycles. The maximum Gasteiger partial charge on any atom is 0.472 e. The Morgan fingerprint density at radius 3 is 2.53 bits per heavy atom. The number of hydrogen-bond donors (Lipinski definition) is 2. The van der Waals surface area contributed by atoms with Gasteiger partial charge in [0.25, 0.3) is 0 Å². The molecule has 0 radical (unpaired) electrons. The van der Waals surface area contributed by atoms with E-state index in [-0.39, 0.29) is 26.4 Å². The third-order valence-corrected chi connectivity index (χ3v) is 2.47. The second-order valence-electron chi connectivity index (χ2n) is 2.81. The largest absolute Gasteiger partial charge is 0.498 e. The zero-order valence-corrected chi connectivity index (χ0v) is 10.4. The quantitative estimate of drug-likeness (QED) is 0.421. The van der Waals surface area contributed by atoms with E-state index in [1.165, 1.54) is 12.5 Å². The van der Waals surface area contributed by atoms with Crippen LogP contribution in [0.5, 0.6) is 0 Å². The van der Waals surface area contributed by atoms with Crippen LogP contribution >= 0.6 is 7.82 Å². The van der Waals surface area contributed by atoms with E-state index in [1.54, 1.807) is 0 Å². The second-order valence-corrected chi connectivity index (χ2v) is 4.26. The van der Waals surface area contributed by atoms with Crippen LogP contribution in [-0.2, 0) is 23.1 Å². The predicted octanol–water partition coefficient (Wildman–Crippen LogP) is 0.767. The number of rotatable bonds is 11. The standard InChI is InChI=1S/C9H18NO6P/c1-3-13-7-9(14-4-2)8-16-17(11,12)15-6-5-10/h3-4,9H,1-2,5-8,10H2,(H,11,12). The van der Waals surface area contributed by atoms with E-state index in [4.69, 9.17) is 15.2 Å². The van der Waals surface area contributed by atoms with E-state index >= 15 is 0 Å². The molecule has 0 aromatic heterocycles. The van der Waals surface area contributed by atoms with Gasteiger partial charge in [0.15, 0.2) is 6.10 Å². The Kier molecular flexibility index (Phi) is 8.75. The molecule has 2 unspecified atom stereocenters. The summed E-state index contributed by atoms with van der Waals surface area (Å²) in [5, 5.41) is 0. The van der Waals surface area contributed by atoms with Gasteiger partial charge in [-0.25, -0.2) is 4.57 Å². The van der Waals surface area contributed by atoms with Gasteiger partial charge in [0.05, 0.1) is 25.7 Å². The van der Waals surface area contributed by atoms with Crippen molar-refractivity contribution in [1.82, 2.24) is 0 Å². The van der Waals surface area contributed by atoms with E-state index in [9.17, 15) is 9.46 Å². The lowest BCUT2D eigenvalue weighted by Crippen LogP contribution is -2.22. The Hall–Kier alpha value is -0.850. The van der Waals surface area contributed by atoms with E-state index in [1.807, 2.05) is 0 Å². The van der Waals surface area contributed by atoms with Crippen LogP contribution in [0, 0.1) is 0 Å². The summed E-state index contributed by atoms with van der Waals surface area (Å²) in [6.45, 7) is 6.71. The van der Waals surface area contributed by atoms with Gasteiger partial charge in [0.1, 0.15) is 6.61 Å². The van der Waals surface area contributed by atoms with Crippen molar-refractivity contribution in [3.05, 3.63) is 25.7 Å². The Bertz CT molecular complexity index is 272. The molecule has 0 amide bonds. The van der Waals surface area contributed by atoms with Crippen LogP contribution < -0.4 is 5.73 Å². The van der Waals surface area contributed by atoms with Crippen molar-refractivity contribution in [2.24, 2.45) is 5.73 Å². The Labute approximate surface area is 100 Å². The van der Waals surface area contributed by atoms with Gasteiger partial charge < -0.3 is 20.1 Å². The minimum atomic E-state index is -4.09. The smallest absolute Gasteiger partial charge is 0.472 e. The number of nitrogens with two attached hydrogens (primary N) is 1. The second kappa shape index (κ2) is 9.21. The highest BCUT2D eigenvalue weighted by atomic mass is 31.2. The molecule has 0 aromatic carbocycles. The van der Waals surface area contributed by atoms with Crippen LogP contribution in [0.15, 0.2) is 25.7 Å². The molecule has 0 aromatic rings. The molecular weight excluding hydrogens is 249 g/mol. The van der Waals surface area contributed by atoms with Crippen molar-refractivity contribution < 1.29 is 28.0 Å². The van der Waals surface area contributed by atoms with Crippen molar-refractivity contribution in [1.29, 1.82) is 0 Å². The molecule has 0 fully saturated rings. The lowest BCUT2D eigenvalue weighted by Gasteiger charge is -2.18. The predicted molar refractivity (Wildman–Crippen MR) is 62.0 cm³/mol. The van der Waals surface area contributed by atoms with Gasteiger partial charge in [-0.2, -0.15) is 0 Å². The zero-order chi connectivity index (χ0) is 13.1. The van der Waals surface area contributed by atoms with E-state index in [0.29, 0.717) is 0 Å². The number of ether oxygens (including phenoxy) is 2. The number of hydrogen-bond acceptors (Lipinski definition) is 6. The molecule has 8 heteroatoms. The molecule has 0 bridgehead atoms. The van der Waals surface area contributed by atoms with Crippen LogP contribution in [-0.4, -0.2) is 37.4 Å². The lowest BCUT2D eigenvalue weighted by atomic mass is 10.4. The summed E-state index contributed by atoms with van der Waals surface area (Å²) >= 11 is 0. The molecule has 17 heavy (non-hydrogen) atoms. The summed E-state index contributed by atoms with van der Waals surface area (Å²) in [5.74, 6) is 0. The first-order valence-corrected chi connectivity index (χ1v) is 6.36. The highest BCUT2D eigenvalue weighted by Gasteiger charge is 2.23. The molecule has 0 aliphatic rings. The molecule has 2 atom stereocenters. The fourth-order valence-electron chi connectivity index (χ4n) is 0.821. The summed E-state index contributed by atoms with van der Waals surface area (Å²) in [6.07, 6.45) is 1.83. The first-order valence-electron chi connectivity index (χ1n) is 4.86. The molecule has 7 nitrogen and oxygen atoms in total. The van der Waals surface area contributed by atoms with Crippen molar-refractivity contribution in [2.75, 3.05) is 26.4 Å². The summed E-state index contributed by atoms with van der Waals surface area (Å²) in [5.41, 5.74) is 5.12. The minimum absolute atomic E-state index is 0.0656. The molecule has 0 heterocycles. The van der Waals surface area contributed by atoms with E-state index < -0.39 is 13.9 Å². The first kappa shape index (κ1) is 16.1. The monoisotopic (exact) mass is 267 g/mol. The average Bonchev–Trinajstić information content (AvgIpc) is 2.30. The van der Waals surface area contributed by atoms with Crippen LogP contribution in [0.2, 0.25) is 0 Å². The number of phosphoric ester groups is 1. The van der Waals surface area contributed by atoms with Crippen LogP contribution in [0.4, 0.5) is 0 Å². The fourth-order valence-corrected chi connectivity index (χ4v) is 1.59. The molecule has 0 saturated carbocycles. The lowest BCUT2D eigenvalue weighted by molar-refractivity contribution is 0.0215. The van der Waals surface area contributed by atoms with Crippen LogP contribution in [0.25, 0.3) is 0 Å². The van der Waals surface area contributed by atoms with Crippen molar-refractivity contribution in [3.63, 3.8) is 0 Å². The van der Waals surface area contributed by atoms with Gasteiger partial charge in [-0.3, -0.25) is 9.05 Å². The van der Waals surface area contributed by atoms with Gasteiger partial charge in [-0.1, -0.05) is 13.2 Å². The van der Waals surface area contributed by atoms with Gasteiger partial charge >= 0.3 is 7.82 Å². The summed E-state index contributed by atoms with van der Waals surface area (Å²) in [4.78, 5) is 9.20. The SMILES string of the molecule is C=COCC(COP(=O)(O)OCCN)OC=C. The molecule has 0 aliphatic heterocycles. The molecule has 0 rings (SSSR count). The van der Waals surface area contributed by atoms with Crippen LogP contribution in [0.1, 0.15) is 0 Å². The molecule has 0 saturated heterocycles. The Balaban J connectivity index is 4.04. The van der Waals surface area contributed by atoms with Gasteiger partial charge in [0, 0.05) is 6.54 Å². The third kappa shape index (κ3) is 8.91. The van der Waals surface area contributed by atoms with Crippen molar-refractivity contribution in [2.45, 2.75) is 6.10 Å². The van der Waals surface area contributed by atoms with E-state index in [0.717, 1.165) is 0 Å². The Morgan fingerprint density at radius 2 is 2.00 bits per heavy atom. The van der Waals surface area contributed by atoms with Crippen molar-refractivity contribution in [3.8, 4) is 0 Å². The molecular formula is C9H18NO6P. The van der Waals surface area contributed by atoms with Gasteiger partial charge in [0.2, 0.25) is 0 Å². The zero-order valence-electron chi connectivity index (χ0n) is 9.49. The van der Waals surface area contributed by atoms with Gasteiger partial charge in [-0.15, -0.1) is 0 Å². The first-order chi connectivity index (χ1) is 8.05. The van der Waals surface area contributed by atoms with E-state index in [2.05, 4.69) is 22.2 Å². The number of phosphoric acid groups is 1. The summed E-state index contributed by atoms with van der Waals surface area (Å²) < 4.78 is 30.4.